The fourth-order valence-electron chi connectivity index (χ4n) is 3.50. The van der Waals surface area contributed by atoms with Gasteiger partial charge < -0.3 is 9.47 Å². The van der Waals surface area contributed by atoms with Crippen molar-refractivity contribution in [3.63, 3.8) is 0 Å². The van der Waals surface area contributed by atoms with Gasteiger partial charge in [-0.15, -0.1) is 0 Å². The first-order valence-corrected chi connectivity index (χ1v) is 6.26. The summed E-state index contributed by atoms with van der Waals surface area (Å²) in [5.74, 6) is 2.00. The minimum absolute atomic E-state index is 0.336. The van der Waals surface area contributed by atoms with Gasteiger partial charge in [0.05, 0.1) is 19.3 Å². The molecule has 2 aliphatic rings. The second kappa shape index (κ2) is 4.06. The molecule has 3 unspecified atom stereocenters. The summed E-state index contributed by atoms with van der Waals surface area (Å²) in [5, 5.41) is 0. The third-order valence-corrected chi connectivity index (χ3v) is 4.13. The van der Waals surface area contributed by atoms with Crippen LogP contribution in [0, 0.1) is 23.2 Å². The summed E-state index contributed by atoms with van der Waals surface area (Å²) >= 11 is 0. The predicted molar refractivity (Wildman–Crippen MR) is 60.8 cm³/mol. The van der Waals surface area contributed by atoms with E-state index in [-0.39, 0.29) is 0 Å². The topological polar surface area (TPSA) is 18.5 Å². The van der Waals surface area contributed by atoms with Crippen molar-refractivity contribution in [1.29, 1.82) is 0 Å². The lowest BCUT2D eigenvalue weighted by molar-refractivity contribution is 0.0432. The first kappa shape index (κ1) is 11.4. The van der Waals surface area contributed by atoms with Gasteiger partial charge in [0.1, 0.15) is 0 Å². The molecule has 15 heavy (non-hydrogen) atoms. The number of ether oxygens (including phenoxy) is 2. The Hall–Kier alpha value is -0.0800. The van der Waals surface area contributed by atoms with Gasteiger partial charge in [0.25, 0.3) is 0 Å². The first-order chi connectivity index (χ1) is 7.07. The summed E-state index contributed by atoms with van der Waals surface area (Å²) in [4.78, 5) is 0. The average Bonchev–Trinajstić information content (AvgIpc) is 2.74. The number of rotatable bonds is 2. The van der Waals surface area contributed by atoms with Crippen LogP contribution < -0.4 is 0 Å². The lowest BCUT2D eigenvalue weighted by Gasteiger charge is -2.34. The van der Waals surface area contributed by atoms with Crippen molar-refractivity contribution in [3.05, 3.63) is 0 Å². The van der Waals surface area contributed by atoms with Crippen LogP contribution in [0.15, 0.2) is 0 Å². The van der Waals surface area contributed by atoms with Crippen LogP contribution in [0.5, 0.6) is 0 Å². The van der Waals surface area contributed by atoms with E-state index < -0.39 is 0 Å². The average molecular weight is 212 g/mol. The third-order valence-electron chi connectivity index (χ3n) is 4.13. The zero-order valence-electron chi connectivity index (χ0n) is 10.5. The highest BCUT2D eigenvalue weighted by Gasteiger charge is 2.53. The van der Waals surface area contributed by atoms with Crippen LogP contribution in [0.2, 0.25) is 0 Å². The summed E-state index contributed by atoms with van der Waals surface area (Å²) < 4.78 is 11.7. The summed E-state index contributed by atoms with van der Waals surface area (Å²) in [6, 6.07) is 0. The molecule has 0 radical (unpaired) electrons. The van der Waals surface area contributed by atoms with E-state index in [9.17, 15) is 0 Å². The Balaban J connectivity index is 2.20. The molecule has 2 heteroatoms. The van der Waals surface area contributed by atoms with Gasteiger partial charge in [0.2, 0.25) is 0 Å². The maximum atomic E-state index is 6.05. The molecule has 0 bridgehead atoms. The van der Waals surface area contributed by atoms with Crippen LogP contribution >= 0.6 is 0 Å². The van der Waals surface area contributed by atoms with E-state index in [0.29, 0.717) is 29.3 Å². The van der Waals surface area contributed by atoms with E-state index in [1.807, 2.05) is 0 Å². The fourth-order valence-corrected chi connectivity index (χ4v) is 3.50. The largest absolute Gasteiger partial charge is 0.381 e. The molecule has 2 fully saturated rings. The Kier molecular flexibility index (Phi) is 3.09. The monoisotopic (exact) mass is 212 g/mol. The Morgan fingerprint density at radius 1 is 1.07 bits per heavy atom. The van der Waals surface area contributed by atoms with Crippen molar-refractivity contribution in [2.75, 3.05) is 19.8 Å². The molecule has 3 atom stereocenters. The molecule has 88 valence electrons. The maximum Gasteiger partial charge on any atom is 0.0635 e. The lowest BCUT2D eigenvalue weighted by Crippen LogP contribution is -2.38. The normalized spacial score (nSPS) is 41.2. The molecule has 0 aromatic heterocycles. The van der Waals surface area contributed by atoms with Gasteiger partial charge in [0, 0.05) is 12.0 Å². The Morgan fingerprint density at radius 3 is 2.27 bits per heavy atom. The zero-order valence-corrected chi connectivity index (χ0v) is 10.5. The number of hydrogen-bond acceptors (Lipinski definition) is 2. The molecular weight excluding hydrogens is 188 g/mol. The summed E-state index contributed by atoms with van der Waals surface area (Å²) in [5.41, 5.74) is 0.336. The molecule has 1 spiro atoms. The highest BCUT2D eigenvalue weighted by Crippen LogP contribution is 2.49. The quantitative estimate of drug-likeness (QED) is 0.700. The van der Waals surface area contributed by atoms with Crippen molar-refractivity contribution in [2.24, 2.45) is 23.2 Å². The van der Waals surface area contributed by atoms with Gasteiger partial charge in [-0.05, 0) is 24.2 Å². The van der Waals surface area contributed by atoms with E-state index in [1.165, 1.54) is 6.42 Å². The van der Waals surface area contributed by atoms with Crippen molar-refractivity contribution in [3.8, 4) is 0 Å². The molecule has 0 amide bonds. The lowest BCUT2D eigenvalue weighted by atomic mass is 9.68. The van der Waals surface area contributed by atoms with E-state index in [4.69, 9.17) is 9.47 Å². The van der Waals surface area contributed by atoms with Crippen LogP contribution in [0.4, 0.5) is 0 Å². The minimum atomic E-state index is 0.336. The molecule has 2 saturated heterocycles. The molecule has 2 rings (SSSR count). The van der Waals surface area contributed by atoms with Crippen molar-refractivity contribution >= 4 is 0 Å². The SMILES string of the molecule is CC(C)C1OCC2(CCOC2)C1C(C)C. The van der Waals surface area contributed by atoms with Gasteiger partial charge in [0.15, 0.2) is 0 Å². The van der Waals surface area contributed by atoms with Crippen LogP contribution in [0.3, 0.4) is 0 Å². The molecule has 0 aromatic rings. The fraction of sp³-hybridized carbons (Fsp3) is 1.00. The van der Waals surface area contributed by atoms with Crippen LogP contribution in [-0.2, 0) is 9.47 Å². The summed E-state index contributed by atoms with van der Waals surface area (Å²) in [6.07, 6.45) is 1.63. The van der Waals surface area contributed by atoms with Crippen molar-refractivity contribution in [2.45, 2.75) is 40.2 Å². The summed E-state index contributed by atoms with van der Waals surface area (Å²) in [7, 11) is 0. The van der Waals surface area contributed by atoms with Crippen molar-refractivity contribution in [1.82, 2.24) is 0 Å². The molecular formula is C13H24O2. The van der Waals surface area contributed by atoms with Gasteiger partial charge in [-0.25, -0.2) is 0 Å². The molecule has 2 heterocycles. The van der Waals surface area contributed by atoms with E-state index in [1.54, 1.807) is 0 Å². The molecule has 0 aliphatic carbocycles. The first-order valence-electron chi connectivity index (χ1n) is 6.26. The zero-order chi connectivity index (χ0) is 11.1. The molecule has 0 N–H and O–H groups in total. The highest BCUT2D eigenvalue weighted by atomic mass is 16.5. The second-order valence-electron chi connectivity index (χ2n) is 5.95. The Bertz CT molecular complexity index is 217. The number of hydrogen-bond donors (Lipinski definition) is 0. The van der Waals surface area contributed by atoms with E-state index >= 15 is 0 Å². The van der Waals surface area contributed by atoms with Crippen molar-refractivity contribution < 1.29 is 9.47 Å². The summed E-state index contributed by atoms with van der Waals surface area (Å²) in [6.45, 7) is 12.0. The van der Waals surface area contributed by atoms with E-state index in [2.05, 4.69) is 27.7 Å². The van der Waals surface area contributed by atoms with Gasteiger partial charge >= 0.3 is 0 Å². The van der Waals surface area contributed by atoms with Crippen LogP contribution in [0.25, 0.3) is 0 Å². The van der Waals surface area contributed by atoms with Gasteiger partial charge in [-0.2, -0.15) is 0 Å². The maximum absolute atomic E-state index is 6.05. The predicted octanol–water partition coefficient (Wildman–Crippen LogP) is 2.72. The minimum Gasteiger partial charge on any atom is -0.381 e. The molecule has 0 saturated carbocycles. The second-order valence-corrected chi connectivity index (χ2v) is 5.95. The van der Waals surface area contributed by atoms with E-state index in [0.717, 1.165) is 19.8 Å². The molecule has 2 aliphatic heterocycles. The smallest absolute Gasteiger partial charge is 0.0635 e. The Labute approximate surface area is 93.3 Å². The van der Waals surface area contributed by atoms with Gasteiger partial charge in [-0.3, -0.25) is 0 Å². The van der Waals surface area contributed by atoms with Gasteiger partial charge in [-0.1, -0.05) is 27.7 Å². The highest BCUT2D eigenvalue weighted by molar-refractivity contribution is 4.99. The Morgan fingerprint density at radius 2 is 1.80 bits per heavy atom. The van der Waals surface area contributed by atoms with Crippen LogP contribution in [-0.4, -0.2) is 25.9 Å². The molecule has 2 nitrogen and oxygen atoms in total. The standard InChI is InChI=1S/C13H24O2/c1-9(2)11-12(10(3)4)15-8-13(11)5-6-14-7-13/h9-12H,5-8H2,1-4H3. The third kappa shape index (κ3) is 1.83. The van der Waals surface area contributed by atoms with Crippen LogP contribution in [0.1, 0.15) is 34.1 Å². The molecule has 0 aromatic carbocycles.